The first-order valence-electron chi connectivity index (χ1n) is 4.84. The predicted octanol–water partition coefficient (Wildman–Crippen LogP) is 0.653. The lowest BCUT2D eigenvalue weighted by atomic mass is 10.1. The van der Waals surface area contributed by atoms with E-state index in [0.29, 0.717) is 10.6 Å². The van der Waals surface area contributed by atoms with Crippen molar-refractivity contribution in [2.45, 2.75) is 6.17 Å². The third kappa shape index (κ3) is 1.87. The fraction of sp³-hybridized carbons (Fsp3) is 0.111. The minimum Gasteiger partial charge on any atom is -0.290 e. The Balaban J connectivity index is 2.30. The average molecular weight is 251 g/mol. The lowest BCUT2D eigenvalue weighted by molar-refractivity contribution is -0.384. The molecule has 0 bridgehead atoms. The van der Waals surface area contributed by atoms with Gasteiger partial charge in [-0.05, 0) is 17.7 Å². The van der Waals surface area contributed by atoms with E-state index < -0.39 is 11.1 Å². The molecule has 0 fully saturated rings. The quantitative estimate of drug-likeness (QED) is 0.450. The molecule has 0 amide bonds. The fourth-order valence-corrected chi connectivity index (χ4v) is 1.53. The molecule has 94 valence electrons. The Morgan fingerprint density at radius 3 is 2.50 bits per heavy atom. The lowest BCUT2D eigenvalue weighted by Gasteiger charge is -2.16. The smallest absolute Gasteiger partial charge is 0.269 e. The molecule has 9 heteroatoms. The summed E-state index contributed by atoms with van der Waals surface area (Å²) in [5.74, 6) is -0.568. The van der Waals surface area contributed by atoms with E-state index in [1.165, 1.54) is 24.3 Å². The van der Waals surface area contributed by atoms with Crippen LogP contribution in [0.15, 0.2) is 29.3 Å². The summed E-state index contributed by atoms with van der Waals surface area (Å²) in [6, 6.07) is 5.38. The van der Waals surface area contributed by atoms with Crippen molar-refractivity contribution in [3.63, 3.8) is 0 Å². The van der Waals surface area contributed by atoms with Crippen molar-refractivity contribution in [2.75, 3.05) is 0 Å². The lowest BCUT2D eigenvalue weighted by Crippen LogP contribution is -2.33. The molecule has 18 heavy (non-hydrogen) atoms. The Bertz CT molecular complexity index is 526. The molecule has 0 aromatic heterocycles. The Hall–Kier alpha value is -2.52. The number of hydroxylamine groups is 3. The van der Waals surface area contributed by atoms with Crippen LogP contribution in [0.2, 0.25) is 0 Å². The molecule has 1 aromatic carbocycles. The Kier molecular flexibility index (Phi) is 2.92. The highest BCUT2D eigenvalue weighted by Gasteiger charge is 2.31. The second-order valence-corrected chi connectivity index (χ2v) is 3.50. The van der Waals surface area contributed by atoms with Crippen molar-refractivity contribution in [3.05, 3.63) is 39.9 Å². The third-order valence-corrected chi connectivity index (χ3v) is 2.44. The van der Waals surface area contributed by atoms with Crippen molar-refractivity contribution in [1.29, 1.82) is 5.41 Å². The summed E-state index contributed by atoms with van der Waals surface area (Å²) in [4.78, 5) is 13.8. The SMILES string of the molecule is N=C1C(NO)=NC(c2ccc([N+](=O)[O-])cc2)N1O. The molecule has 2 rings (SSSR count). The topological polar surface area (TPSA) is 135 Å². The minimum absolute atomic E-state index is 0.0826. The summed E-state index contributed by atoms with van der Waals surface area (Å²) in [5, 5.41) is 36.7. The van der Waals surface area contributed by atoms with Crippen LogP contribution in [0.4, 0.5) is 5.69 Å². The largest absolute Gasteiger partial charge is 0.290 e. The highest BCUT2D eigenvalue weighted by atomic mass is 16.6. The maximum absolute atomic E-state index is 10.5. The summed E-state index contributed by atoms with van der Waals surface area (Å²) in [7, 11) is 0. The van der Waals surface area contributed by atoms with Crippen molar-refractivity contribution < 1.29 is 15.3 Å². The van der Waals surface area contributed by atoms with Gasteiger partial charge in [0.1, 0.15) is 0 Å². The van der Waals surface area contributed by atoms with Gasteiger partial charge < -0.3 is 0 Å². The van der Waals surface area contributed by atoms with E-state index in [1.807, 2.05) is 0 Å². The summed E-state index contributed by atoms with van der Waals surface area (Å²) in [6.07, 6.45) is -0.909. The first kappa shape index (κ1) is 12.0. The number of nitrogens with zero attached hydrogens (tertiary/aromatic N) is 3. The summed E-state index contributed by atoms with van der Waals surface area (Å²) >= 11 is 0. The maximum Gasteiger partial charge on any atom is 0.269 e. The summed E-state index contributed by atoms with van der Waals surface area (Å²) < 4.78 is 0. The zero-order valence-corrected chi connectivity index (χ0v) is 8.94. The van der Waals surface area contributed by atoms with Gasteiger partial charge in [0.25, 0.3) is 5.69 Å². The monoisotopic (exact) mass is 251 g/mol. The van der Waals surface area contributed by atoms with Crippen LogP contribution in [0.5, 0.6) is 0 Å². The number of hydrogen-bond acceptors (Lipinski definition) is 7. The van der Waals surface area contributed by atoms with E-state index in [1.54, 1.807) is 5.48 Å². The van der Waals surface area contributed by atoms with Crippen LogP contribution in [0, 0.1) is 15.5 Å². The first-order chi connectivity index (χ1) is 8.54. The van der Waals surface area contributed by atoms with E-state index in [-0.39, 0.29) is 17.4 Å². The summed E-state index contributed by atoms with van der Waals surface area (Å²) in [6.45, 7) is 0. The molecule has 0 spiro atoms. The Morgan fingerprint density at radius 2 is 2.06 bits per heavy atom. The third-order valence-electron chi connectivity index (χ3n) is 2.44. The van der Waals surface area contributed by atoms with Gasteiger partial charge in [-0.2, -0.15) is 0 Å². The van der Waals surface area contributed by atoms with E-state index in [9.17, 15) is 15.3 Å². The number of aliphatic imine (C=N–C) groups is 1. The van der Waals surface area contributed by atoms with Crippen LogP contribution in [0.1, 0.15) is 11.7 Å². The minimum atomic E-state index is -0.909. The number of non-ortho nitro benzene ring substituents is 1. The second kappa shape index (κ2) is 4.39. The van der Waals surface area contributed by atoms with Crippen molar-refractivity contribution in [2.24, 2.45) is 4.99 Å². The number of hydrogen-bond donors (Lipinski definition) is 4. The van der Waals surface area contributed by atoms with Crippen LogP contribution < -0.4 is 5.48 Å². The highest BCUT2D eigenvalue weighted by Crippen LogP contribution is 2.27. The molecular weight excluding hydrogens is 242 g/mol. The molecule has 1 heterocycles. The summed E-state index contributed by atoms with van der Waals surface area (Å²) in [5.41, 5.74) is 2.06. The molecule has 4 N–H and O–H groups in total. The molecular formula is C9H9N5O4. The van der Waals surface area contributed by atoms with Gasteiger partial charge in [0.2, 0.25) is 0 Å². The van der Waals surface area contributed by atoms with Crippen LogP contribution >= 0.6 is 0 Å². The molecule has 9 nitrogen and oxygen atoms in total. The molecule has 0 radical (unpaired) electrons. The first-order valence-corrected chi connectivity index (χ1v) is 4.84. The predicted molar refractivity (Wildman–Crippen MR) is 59.5 cm³/mol. The van der Waals surface area contributed by atoms with E-state index >= 15 is 0 Å². The van der Waals surface area contributed by atoms with Gasteiger partial charge in [0, 0.05) is 12.1 Å². The van der Waals surface area contributed by atoms with E-state index in [4.69, 9.17) is 10.6 Å². The second-order valence-electron chi connectivity index (χ2n) is 3.50. The van der Waals surface area contributed by atoms with Crippen molar-refractivity contribution in [1.82, 2.24) is 10.5 Å². The van der Waals surface area contributed by atoms with Crippen LogP contribution in [0.3, 0.4) is 0 Å². The molecule has 1 aliphatic rings. The van der Waals surface area contributed by atoms with Gasteiger partial charge in [0.15, 0.2) is 17.8 Å². The zero-order chi connectivity index (χ0) is 13.3. The van der Waals surface area contributed by atoms with Gasteiger partial charge in [-0.3, -0.25) is 25.9 Å². The normalized spacial score (nSPS) is 18.8. The molecule has 1 atom stereocenters. The number of nitro groups is 1. The Morgan fingerprint density at radius 1 is 1.44 bits per heavy atom. The number of nitro benzene ring substituents is 1. The van der Waals surface area contributed by atoms with E-state index in [2.05, 4.69) is 4.99 Å². The number of rotatable bonds is 2. The number of nitrogens with one attached hydrogen (secondary N) is 2. The molecule has 0 saturated heterocycles. The zero-order valence-electron chi connectivity index (χ0n) is 8.94. The van der Waals surface area contributed by atoms with Gasteiger partial charge in [-0.15, -0.1) is 0 Å². The van der Waals surface area contributed by atoms with Crippen LogP contribution in [-0.4, -0.2) is 32.1 Å². The maximum atomic E-state index is 10.5. The van der Waals surface area contributed by atoms with Gasteiger partial charge in [-0.1, -0.05) is 0 Å². The van der Waals surface area contributed by atoms with Gasteiger partial charge in [-0.25, -0.2) is 15.5 Å². The molecule has 0 aliphatic carbocycles. The van der Waals surface area contributed by atoms with Gasteiger partial charge >= 0.3 is 0 Å². The molecule has 0 saturated carbocycles. The van der Waals surface area contributed by atoms with E-state index in [0.717, 1.165) is 0 Å². The van der Waals surface area contributed by atoms with Crippen molar-refractivity contribution >= 4 is 17.4 Å². The highest BCUT2D eigenvalue weighted by molar-refractivity contribution is 6.39. The number of amidine groups is 2. The standard InChI is InChI=1S/C9H9N5O4/c10-7-8(12-15)11-9(13(7)16)5-1-3-6(4-2-5)14(17)18/h1-4,9-10,15-16H,(H,11,12). The van der Waals surface area contributed by atoms with Crippen LogP contribution in [-0.2, 0) is 0 Å². The van der Waals surface area contributed by atoms with Gasteiger partial charge in [0.05, 0.1) is 4.92 Å². The number of benzene rings is 1. The average Bonchev–Trinajstić information content (AvgIpc) is 2.66. The molecule has 1 aliphatic heterocycles. The fourth-order valence-electron chi connectivity index (χ4n) is 1.53. The molecule has 1 unspecified atom stereocenters. The van der Waals surface area contributed by atoms with Crippen LogP contribution in [0.25, 0.3) is 0 Å². The molecule has 1 aromatic rings. The Labute approximate surface area is 101 Å². The van der Waals surface area contributed by atoms with Crippen molar-refractivity contribution in [3.8, 4) is 0 Å².